The number of thioether (sulfide) groups is 1. The predicted octanol–water partition coefficient (Wildman–Crippen LogP) is 3.42. The van der Waals surface area contributed by atoms with Crippen molar-refractivity contribution in [1.82, 2.24) is 0 Å². The first-order valence-electron chi connectivity index (χ1n) is 7.08. The third-order valence-electron chi connectivity index (χ3n) is 3.72. The number of carbonyl (C=O) groups excluding carboxylic acids is 2. The number of hydrogen-bond donors (Lipinski definition) is 0. The molecule has 1 aromatic carbocycles. The molecule has 112 valence electrons. The maximum atomic E-state index is 12.2. The van der Waals surface area contributed by atoms with E-state index in [0.29, 0.717) is 12.8 Å². The van der Waals surface area contributed by atoms with Crippen molar-refractivity contribution in [2.75, 3.05) is 13.4 Å². The highest BCUT2D eigenvalue weighted by Gasteiger charge is 2.27. The number of rotatable bonds is 6. The van der Waals surface area contributed by atoms with E-state index >= 15 is 0 Å². The Bertz CT molecular complexity index is 546. The monoisotopic (exact) mass is 304 g/mol. The lowest BCUT2D eigenvalue weighted by molar-refractivity contribution is -0.119. The van der Waals surface area contributed by atoms with Crippen molar-refractivity contribution in [1.29, 1.82) is 0 Å². The van der Waals surface area contributed by atoms with E-state index in [1.807, 2.05) is 30.5 Å². The molecule has 0 saturated heterocycles. The largest absolute Gasteiger partial charge is 0.497 e. The first-order chi connectivity index (χ1) is 10.1. The number of allylic oxidation sites excluding steroid dienone is 2. The van der Waals surface area contributed by atoms with E-state index < -0.39 is 0 Å². The maximum absolute atomic E-state index is 12.2. The lowest BCUT2D eigenvalue weighted by Gasteiger charge is -2.10. The molecule has 1 atom stereocenters. The van der Waals surface area contributed by atoms with Crippen LogP contribution in [0, 0.1) is 5.92 Å². The van der Waals surface area contributed by atoms with E-state index in [9.17, 15) is 9.59 Å². The van der Waals surface area contributed by atoms with Crippen molar-refractivity contribution in [3.8, 4) is 5.75 Å². The second kappa shape index (κ2) is 7.46. The number of hydrogen-bond acceptors (Lipinski definition) is 4. The summed E-state index contributed by atoms with van der Waals surface area (Å²) in [5, 5.41) is 0. The molecule has 0 N–H and O–H groups in total. The van der Waals surface area contributed by atoms with E-state index in [4.69, 9.17) is 4.74 Å². The number of ether oxygens (including phenoxy) is 1. The molecule has 0 bridgehead atoms. The van der Waals surface area contributed by atoms with Crippen LogP contribution in [0.4, 0.5) is 0 Å². The van der Waals surface area contributed by atoms with Crippen LogP contribution in [0.25, 0.3) is 0 Å². The summed E-state index contributed by atoms with van der Waals surface area (Å²) < 4.78 is 5.10. The Kier molecular flexibility index (Phi) is 5.62. The fourth-order valence-corrected chi connectivity index (χ4v) is 3.36. The van der Waals surface area contributed by atoms with E-state index in [2.05, 4.69) is 0 Å². The van der Waals surface area contributed by atoms with Gasteiger partial charge in [-0.05, 0) is 47.8 Å². The standard InChI is InChI=1S/C17H20O3S/c1-20-14-8-6-12(7-9-14)10-13(18)11-17(21-2)15-4-3-5-16(15)19/h6-9,11,15H,3-5,10H2,1-2H3/b17-11+. The van der Waals surface area contributed by atoms with Crippen LogP contribution in [0.3, 0.4) is 0 Å². The molecule has 0 radical (unpaired) electrons. The molecule has 1 aliphatic carbocycles. The minimum Gasteiger partial charge on any atom is -0.497 e. The van der Waals surface area contributed by atoms with Crippen LogP contribution in [-0.2, 0) is 16.0 Å². The van der Waals surface area contributed by atoms with Crippen LogP contribution in [0.5, 0.6) is 5.75 Å². The van der Waals surface area contributed by atoms with Gasteiger partial charge in [0.1, 0.15) is 11.5 Å². The Morgan fingerprint density at radius 3 is 2.62 bits per heavy atom. The molecular formula is C17H20O3S. The summed E-state index contributed by atoms with van der Waals surface area (Å²) >= 11 is 1.52. The maximum Gasteiger partial charge on any atom is 0.160 e. The summed E-state index contributed by atoms with van der Waals surface area (Å²) in [6.45, 7) is 0. The second-order valence-corrected chi connectivity index (χ2v) is 6.03. The van der Waals surface area contributed by atoms with E-state index in [1.54, 1.807) is 13.2 Å². The number of carbonyl (C=O) groups is 2. The Morgan fingerprint density at radius 1 is 1.38 bits per heavy atom. The topological polar surface area (TPSA) is 43.4 Å². The Morgan fingerprint density at radius 2 is 2.10 bits per heavy atom. The fourth-order valence-electron chi connectivity index (χ4n) is 2.57. The van der Waals surface area contributed by atoms with Gasteiger partial charge in [-0.1, -0.05) is 12.1 Å². The van der Waals surface area contributed by atoms with Gasteiger partial charge in [0, 0.05) is 18.8 Å². The van der Waals surface area contributed by atoms with Crippen molar-refractivity contribution in [2.24, 2.45) is 5.92 Å². The number of methoxy groups -OCH3 is 1. The van der Waals surface area contributed by atoms with Crippen LogP contribution >= 0.6 is 11.8 Å². The third-order valence-corrected chi connectivity index (χ3v) is 4.60. The molecule has 3 nitrogen and oxygen atoms in total. The molecule has 1 aliphatic rings. The summed E-state index contributed by atoms with van der Waals surface area (Å²) in [4.78, 5) is 24.9. The summed E-state index contributed by atoms with van der Waals surface area (Å²) in [6, 6.07) is 7.48. The molecular weight excluding hydrogens is 284 g/mol. The van der Waals surface area contributed by atoms with Gasteiger partial charge in [0.2, 0.25) is 0 Å². The smallest absolute Gasteiger partial charge is 0.160 e. The lowest BCUT2D eigenvalue weighted by atomic mass is 10.0. The molecule has 1 saturated carbocycles. The third kappa shape index (κ3) is 4.21. The minimum absolute atomic E-state index is 0.0456. The van der Waals surface area contributed by atoms with Crippen molar-refractivity contribution in [2.45, 2.75) is 25.7 Å². The summed E-state index contributed by atoms with van der Waals surface area (Å²) in [6.07, 6.45) is 6.40. The molecule has 0 aliphatic heterocycles. The van der Waals surface area contributed by atoms with Crippen LogP contribution in [0.15, 0.2) is 35.2 Å². The first kappa shape index (κ1) is 15.8. The fraction of sp³-hybridized carbons (Fsp3) is 0.412. The van der Waals surface area contributed by atoms with Gasteiger partial charge in [-0.25, -0.2) is 0 Å². The van der Waals surface area contributed by atoms with Gasteiger partial charge < -0.3 is 4.74 Å². The number of ketones is 2. The normalized spacial score (nSPS) is 18.9. The van der Waals surface area contributed by atoms with E-state index in [1.165, 1.54) is 11.8 Å². The van der Waals surface area contributed by atoms with Gasteiger partial charge in [0.15, 0.2) is 5.78 Å². The van der Waals surface area contributed by atoms with Crippen molar-refractivity contribution >= 4 is 23.3 Å². The van der Waals surface area contributed by atoms with Crippen LogP contribution < -0.4 is 4.74 Å². The van der Waals surface area contributed by atoms with Gasteiger partial charge in [-0.3, -0.25) is 9.59 Å². The highest BCUT2D eigenvalue weighted by atomic mass is 32.2. The summed E-state index contributed by atoms with van der Waals surface area (Å²) in [5.74, 6) is 1.04. The highest BCUT2D eigenvalue weighted by Crippen LogP contribution is 2.33. The molecule has 4 heteroatoms. The molecule has 2 rings (SSSR count). The summed E-state index contributed by atoms with van der Waals surface area (Å²) in [5.41, 5.74) is 0.954. The van der Waals surface area contributed by atoms with E-state index in [0.717, 1.165) is 29.1 Å². The van der Waals surface area contributed by atoms with E-state index in [-0.39, 0.29) is 17.5 Å². The van der Waals surface area contributed by atoms with Gasteiger partial charge in [0.05, 0.1) is 7.11 Å². The average molecular weight is 304 g/mol. The zero-order valence-corrected chi connectivity index (χ0v) is 13.2. The van der Waals surface area contributed by atoms with Crippen molar-refractivity contribution in [3.63, 3.8) is 0 Å². The average Bonchev–Trinajstić information content (AvgIpc) is 2.91. The van der Waals surface area contributed by atoms with Gasteiger partial charge in [-0.15, -0.1) is 11.8 Å². The molecule has 0 heterocycles. The summed E-state index contributed by atoms with van der Waals surface area (Å²) in [7, 11) is 1.62. The lowest BCUT2D eigenvalue weighted by Crippen LogP contribution is -2.10. The molecule has 21 heavy (non-hydrogen) atoms. The number of benzene rings is 1. The number of Topliss-reactive ketones (excluding diaryl/α,β-unsaturated/α-hetero) is 1. The molecule has 1 unspecified atom stereocenters. The van der Waals surface area contributed by atoms with Crippen LogP contribution in [0.1, 0.15) is 24.8 Å². The van der Waals surface area contributed by atoms with Crippen molar-refractivity contribution in [3.05, 3.63) is 40.8 Å². The zero-order chi connectivity index (χ0) is 15.2. The minimum atomic E-state index is -0.0557. The van der Waals surface area contributed by atoms with Crippen LogP contribution in [-0.4, -0.2) is 24.9 Å². The highest BCUT2D eigenvalue weighted by molar-refractivity contribution is 8.02. The van der Waals surface area contributed by atoms with Gasteiger partial charge in [-0.2, -0.15) is 0 Å². The Labute approximate surface area is 129 Å². The van der Waals surface area contributed by atoms with Gasteiger partial charge >= 0.3 is 0 Å². The SMILES string of the molecule is COc1ccc(CC(=O)/C=C(/SC)C2CCCC2=O)cc1. The Hall–Kier alpha value is -1.55. The molecule has 0 aromatic heterocycles. The van der Waals surface area contributed by atoms with Crippen LogP contribution in [0.2, 0.25) is 0 Å². The quantitative estimate of drug-likeness (QED) is 0.755. The molecule has 0 spiro atoms. The molecule has 0 amide bonds. The molecule has 1 aromatic rings. The van der Waals surface area contributed by atoms with Crippen molar-refractivity contribution < 1.29 is 14.3 Å². The first-order valence-corrected chi connectivity index (χ1v) is 8.30. The van der Waals surface area contributed by atoms with Gasteiger partial charge in [0.25, 0.3) is 0 Å². The Balaban J connectivity index is 2.04. The second-order valence-electron chi connectivity index (χ2n) is 5.15. The molecule has 1 fully saturated rings. The predicted molar refractivity (Wildman–Crippen MR) is 85.7 cm³/mol. The zero-order valence-electron chi connectivity index (χ0n) is 12.4.